The Bertz CT molecular complexity index is 147. The molecule has 0 fully saturated rings. The summed E-state index contributed by atoms with van der Waals surface area (Å²) in [6.45, 7) is 3.16. The van der Waals surface area contributed by atoms with Gasteiger partial charge in [0.1, 0.15) is 0 Å². The minimum Gasteiger partial charge on any atom is -0.366 e. The van der Waals surface area contributed by atoms with Gasteiger partial charge in [0.2, 0.25) is 5.91 Å². The number of rotatable bonds is 1. The second kappa shape index (κ2) is 2.98. The summed E-state index contributed by atoms with van der Waals surface area (Å²) in [7, 11) is 0. The average Bonchev–Trinajstić information content (AvgIpc) is 1.61. The lowest BCUT2D eigenvalue weighted by Crippen LogP contribution is -2.04. The zero-order valence-electron chi connectivity index (χ0n) is 3.77. The highest BCUT2D eigenvalue weighted by atomic mass is 16.1. The lowest BCUT2D eigenvalue weighted by atomic mass is 10.6. The summed E-state index contributed by atoms with van der Waals surface area (Å²) in [6.07, 6.45) is 1.06. The fourth-order valence-electron chi connectivity index (χ4n) is 0.122. The number of amides is 1. The Balaban J connectivity index is 3.96. The van der Waals surface area contributed by atoms with Crippen LogP contribution in [0, 0.1) is 0 Å². The van der Waals surface area contributed by atoms with Gasteiger partial charge in [0.05, 0.1) is 6.08 Å². The van der Waals surface area contributed by atoms with E-state index in [9.17, 15) is 4.79 Å². The second-order valence-corrected chi connectivity index (χ2v) is 0.868. The van der Waals surface area contributed by atoms with E-state index < -0.39 is 5.91 Å². The van der Waals surface area contributed by atoms with Crippen molar-refractivity contribution in [2.75, 3.05) is 0 Å². The number of hydrogen-bond acceptors (Lipinski definition) is 1. The number of nitrogens with two attached hydrogens (primary N) is 1. The summed E-state index contributed by atoms with van der Waals surface area (Å²) in [5.74, 6) is -0.531. The van der Waals surface area contributed by atoms with Crippen molar-refractivity contribution >= 4 is 5.91 Å². The van der Waals surface area contributed by atoms with Crippen molar-refractivity contribution < 1.29 is 4.79 Å². The van der Waals surface area contributed by atoms with Crippen molar-refractivity contribution in [1.82, 2.24) is 0 Å². The molecule has 36 valence electrons. The molecular formula is C5H5NO. The lowest BCUT2D eigenvalue weighted by molar-refractivity contribution is -0.113. The van der Waals surface area contributed by atoms with Crippen LogP contribution >= 0.6 is 0 Å². The third-order valence-corrected chi connectivity index (χ3v) is 0.316. The molecule has 0 spiro atoms. The number of hydrogen-bond donors (Lipinski definition) is 1. The Morgan fingerprint density at radius 1 is 1.86 bits per heavy atom. The van der Waals surface area contributed by atoms with Crippen molar-refractivity contribution in [3.63, 3.8) is 0 Å². The van der Waals surface area contributed by atoms with Gasteiger partial charge in [0.15, 0.2) is 0 Å². The zero-order chi connectivity index (χ0) is 5.70. The summed E-state index contributed by atoms with van der Waals surface area (Å²) >= 11 is 0. The van der Waals surface area contributed by atoms with Crippen molar-refractivity contribution in [3.05, 3.63) is 24.1 Å². The third kappa shape index (κ3) is 4.77. The minimum atomic E-state index is -0.531. The van der Waals surface area contributed by atoms with Gasteiger partial charge in [0, 0.05) is 0 Å². The van der Waals surface area contributed by atoms with Crippen LogP contribution < -0.4 is 5.73 Å². The molecule has 0 atom stereocenters. The maximum Gasteiger partial charge on any atom is 0.249 e. The highest BCUT2D eigenvalue weighted by Crippen LogP contribution is 1.56. The van der Waals surface area contributed by atoms with Crippen LogP contribution in [0.25, 0.3) is 0 Å². The van der Waals surface area contributed by atoms with Gasteiger partial charge in [-0.25, -0.2) is 0 Å². The Morgan fingerprint density at radius 2 is 2.43 bits per heavy atom. The van der Waals surface area contributed by atoms with Crippen LogP contribution in [-0.2, 0) is 4.79 Å². The standard InChI is InChI=1S/C5H5NO/c1-2-3-4-5(6)7/h4H,1H2,(H2,6,7). The van der Waals surface area contributed by atoms with Gasteiger partial charge >= 0.3 is 0 Å². The van der Waals surface area contributed by atoms with Gasteiger partial charge in [0.25, 0.3) is 0 Å². The van der Waals surface area contributed by atoms with Crippen LogP contribution in [0.3, 0.4) is 0 Å². The van der Waals surface area contributed by atoms with E-state index in [1.807, 2.05) is 0 Å². The van der Waals surface area contributed by atoms with Crippen LogP contribution in [0.2, 0.25) is 0 Å². The molecule has 0 heterocycles. The first-order valence-corrected chi connectivity index (χ1v) is 1.67. The van der Waals surface area contributed by atoms with Crippen LogP contribution in [0.4, 0.5) is 0 Å². The minimum absolute atomic E-state index is 0.531. The highest BCUT2D eigenvalue weighted by molar-refractivity contribution is 5.85. The summed E-state index contributed by atoms with van der Waals surface area (Å²) in [4.78, 5) is 9.79. The largest absolute Gasteiger partial charge is 0.366 e. The quantitative estimate of drug-likeness (QED) is 0.360. The summed E-state index contributed by atoms with van der Waals surface area (Å²) in [5, 5.41) is 0. The van der Waals surface area contributed by atoms with Crippen molar-refractivity contribution in [2.24, 2.45) is 5.73 Å². The van der Waals surface area contributed by atoms with Crippen LogP contribution in [0.15, 0.2) is 24.1 Å². The molecule has 1 amide bonds. The number of carbonyl (C=O) groups is 1. The molecule has 0 aliphatic carbocycles. The van der Waals surface area contributed by atoms with E-state index in [0.717, 1.165) is 6.08 Å². The van der Waals surface area contributed by atoms with E-state index in [1.54, 1.807) is 0 Å². The molecule has 0 saturated carbocycles. The lowest BCUT2D eigenvalue weighted by Gasteiger charge is -1.66. The molecule has 0 aromatic carbocycles. The maximum absolute atomic E-state index is 9.79. The fourth-order valence-corrected chi connectivity index (χ4v) is 0.122. The summed E-state index contributed by atoms with van der Waals surface area (Å²) in [6, 6.07) is 0. The van der Waals surface area contributed by atoms with Gasteiger partial charge in [-0.3, -0.25) is 4.79 Å². The highest BCUT2D eigenvalue weighted by Gasteiger charge is 1.73. The van der Waals surface area contributed by atoms with Gasteiger partial charge in [-0.2, -0.15) is 0 Å². The van der Waals surface area contributed by atoms with Crippen LogP contribution in [0.5, 0.6) is 0 Å². The van der Waals surface area contributed by atoms with E-state index in [4.69, 9.17) is 0 Å². The molecule has 0 rings (SSSR count). The Hall–Kier alpha value is -1.23. The van der Waals surface area contributed by atoms with Gasteiger partial charge in [-0.05, 0) is 6.58 Å². The molecule has 7 heavy (non-hydrogen) atoms. The van der Waals surface area contributed by atoms with Gasteiger partial charge in [-0.1, -0.05) is 11.5 Å². The topological polar surface area (TPSA) is 43.1 Å². The molecule has 0 bridgehead atoms. The third-order valence-electron chi connectivity index (χ3n) is 0.316. The Labute approximate surface area is 41.6 Å². The second-order valence-electron chi connectivity index (χ2n) is 0.868. The van der Waals surface area contributed by atoms with E-state index >= 15 is 0 Å². The van der Waals surface area contributed by atoms with Gasteiger partial charge < -0.3 is 5.73 Å². The first kappa shape index (κ1) is 5.77. The molecule has 0 aromatic heterocycles. The predicted molar refractivity (Wildman–Crippen MR) is 26.4 cm³/mol. The fraction of sp³-hybridized carbons (Fsp3) is 0. The van der Waals surface area contributed by atoms with E-state index in [2.05, 4.69) is 23.8 Å². The van der Waals surface area contributed by atoms with E-state index in [0.29, 0.717) is 0 Å². The SMILES string of the molecule is C=C=C=CC(N)=O. The molecular weight excluding hydrogens is 90.1 g/mol. The smallest absolute Gasteiger partial charge is 0.249 e. The van der Waals surface area contributed by atoms with Crippen molar-refractivity contribution in [1.29, 1.82) is 0 Å². The monoisotopic (exact) mass is 95.0 g/mol. The normalized spacial score (nSPS) is 5.71. The number of primary amides is 1. The molecule has 2 nitrogen and oxygen atoms in total. The Morgan fingerprint density at radius 3 is 2.57 bits per heavy atom. The zero-order valence-corrected chi connectivity index (χ0v) is 3.77. The summed E-state index contributed by atoms with van der Waals surface area (Å²) in [5.41, 5.74) is 9.18. The molecule has 2 N–H and O–H groups in total. The molecule has 0 saturated heterocycles. The average molecular weight is 95.1 g/mol. The maximum atomic E-state index is 9.79. The van der Waals surface area contributed by atoms with Crippen molar-refractivity contribution in [3.8, 4) is 0 Å². The molecule has 0 radical (unpaired) electrons. The van der Waals surface area contributed by atoms with Gasteiger partial charge in [-0.15, -0.1) is 0 Å². The molecule has 0 aliphatic heterocycles. The Kier molecular flexibility index (Phi) is 2.46. The molecule has 0 unspecified atom stereocenters. The molecule has 2 heteroatoms. The first-order chi connectivity index (χ1) is 3.27. The van der Waals surface area contributed by atoms with Crippen LogP contribution in [-0.4, -0.2) is 5.91 Å². The summed E-state index contributed by atoms with van der Waals surface area (Å²) < 4.78 is 0. The van der Waals surface area contributed by atoms with E-state index in [-0.39, 0.29) is 0 Å². The molecule has 0 aliphatic rings. The first-order valence-electron chi connectivity index (χ1n) is 1.67. The van der Waals surface area contributed by atoms with Crippen LogP contribution in [0.1, 0.15) is 0 Å². The molecule has 0 aromatic rings. The van der Waals surface area contributed by atoms with Crippen molar-refractivity contribution in [2.45, 2.75) is 0 Å². The predicted octanol–water partition coefficient (Wildman–Crippen LogP) is -0.0321. The van der Waals surface area contributed by atoms with E-state index in [1.165, 1.54) is 0 Å². The number of carbonyl (C=O) groups excluding carboxylic acids is 1.